The summed E-state index contributed by atoms with van der Waals surface area (Å²) in [7, 11) is 0. The molecule has 2 rings (SSSR count). The number of carbonyl (C=O) groups is 1. The summed E-state index contributed by atoms with van der Waals surface area (Å²) in [5, 5.41) is 18.1. The molecule has 0 fully saturated rings. The Morgan fingerprint density at radius 3 is 2.58 bits per heavy atom. The molecular weight excluding hydrogens is 344 g/mol. The summed E-state index contributed by atoms with van der Waals surface area (Å²) in [6.45, 7) is 2.13. The van der Waals surface area contributed by atoms with Crippen molar-refractivity contribution in [3.8, 4) is 5.69 Å². The van der Waals surface area contributed by atoms with E-state index in [1.165, 1.54) is 0 Å². The number of hydrogen-bond acceptors (Lipinski definition) is 4. The Hall–Kier alpha value is -1.93. The van der Waals surface area contributed by atoms with Crippen LogP contribution in [0.15, 0.2) is 24.3 Å². The van der Waals surface area contributed by atoms with E-state index in [0.29, 0.717) is 16.0 Å². The van der Waals surface area contributed by atoms with Gasteiger partial charge in [-0.15, -0.1) is 0 Å². The van der Waals surface area contributed by atoms with Crippen LogP contribution < -0.4 is 5.32 Å². The third-order valence-electron chi connectivity index (χ3n) is 3.77. The fourth-order valence-corrected chi connectivity index (χ4v) is 3.07. The minimum Gasteiger partial charge on any atom is -0.480 e. The van der Waals surface area contributed by atoms with Crippen molar-refractivity contribution in [3.05, 3.63) is 33.8 Å². The highest BCUT2D eigenvalue weighted by molar-refractivity contribution is 7.72. The number of hydrogen-bond donors (Lipinski definition) is 4. The van der Waals surface area contributed by atoms with Crippen molar-refractivity contribution in [3.63, 3.8) is 0 Å². The van der Waals surface area contributed by atoms with Crippen molar-refractivity contribution >= 4 is 36.1 Å². The Bertz CT molecular complexity index is 766. The molecule has 8 heteroatoms. The Kier molecular flexibility index (Phi) is 6.74. The molecule has 0 saturated carbocycles. The molecular formula is C16H22N4O2S2. The van der Waals surface area contributed by atoms with E-state index in [2.05, 4.69) is 22.4 Å². The number of carboxylic acid groups (broad SMARTS) is 1. The first-order chi connectivity index (χ1) is 11.5. The van der Waals surface area contributed by atoms with Gasteiger partial charge in [-0.1, -0.05) is 38.7 Å². The number of carboxylic acids is 1. The Morgan fingerprint density at radius 1 is 1.25 bits per heavy atom. The van der Waals surface area contributed by atoms with Crippen molar-refractivity contribution in [2.45, 2.75) is 45.1 Å². The highest BCUT2D eigenvalue weighted by Gasteiger charge is 2.16. The van der Waals surface area contributed by atoms with E-state index in [1.54, 1.807) is 4.57 Å². The van der Waals surface area contributed by atoms with Crippen molar-refractivity contribution in [1.29, 1.82) is 0 Å². The topological polar surface area (TPSA) is 85.8 Å². The third kappa shape index (κ3) is 4.78. The molecule has 0 bridgehead atoms. The lowest BCUT2D eigenvalue weighted by Gasteiger charge is -2.16. The number of nitrogens with zero attached hydrogens (tertiary/aromatic N) is 1. The molecule has 6 nitrogen and oxygen atoms in total. The minimum absolute atomic E-state index is 0.464. The van der Waals surface area contributed by atoms with E-state index in [9.17, 15) is 9.90 Å². The standard InChI is InChI=1S/C16H22N4O2S2/c1-2-3-4-5-9-13(14(21)22)17-11-7-6-8-12(10-11)20-15(23)18-19-16(20)24/h6-8,10,13,17H,2-5,9H2,1H3,(H,18,23)(H,19,24)(H,21,22). The van der Waals surface area contributed by atoms with Crippen LogP contribution in [0.2, 0.25) is 0 Å². The molecule has 1 unspecified atom stereocenters. The first-order valence-electron chi connectivity index (χ1n) is 8.02. The lowest BCUT2D eigenvalue weighted by molar-refractivity contribution is -0.138. The fraction of sp³-hybridized carbons (Fsp3) is 0.438. The first kappa shape index (κ1) is 18.4. The summed E-state index contributed by atoms with van der Waals surface area (Å²) in [4.78, 5) is 11.5. The predicted molar refractivity (Wildman–Crippen MR) is 99.9 cm³/mol. The van der Waals surface area contributed by atoms with Crippen LogP contribution in [0.1, 0.15) is 39.0 Å². The zero-order chi connectivity index (χ0) is 17.5. The fourth-order valence-electron chi connectivity index (χ4n) is 2.51. The molecule has 0 aliphatic heterocycles. The number of anilines is 1. The Balaban J connectivity index is 2.14. The number of unbranched alkanes of at least 4 members (excludes halogenated alkanes) is 3. The molecule has 0 aliphatic rings. The maximum absolute atomic E-state index is 11.5. The Morgan fingerprint density at radius 2 is 1.96 bits per heavy atom. The summed E-state index contributed by atoms with van der Waals surface area (Å²) in [6, 6.07) is 6.79. The number of rotatable bonds is 9. The first-order valence-corrected chi connectivity index (χ1v) is 8.84. The monoisotopic (exact) mass is 366 g/mol. The van der Waals surface area contributed by atoms with E-state index < -0.39 is 12.0 Å². The highest BCUT2D eigenvalue weighted by atomic mass is 32.1. The van der Waals surface area contributed by atoms with Gasteiger partial charge in [0.15, 0.2) is 9.54 Å². The second-order valence-corrected chi connectivity index (χ2v) is 6.40. The quantitative estimate of drug-likeness (QED) is 0.390. The van der Waals surface area contributed by atoms with Gasteiger partial charge in [0.2, 0.25) is 0 Å². The molecule has 0 spiro atoms. The van der Waals surface area contributed by atoms with Crippen LogP contribution >= 0.6 is 24.4 Å². The Labute approximate surface area is 150 Å². The average molecular weight is 367 g/mol. The van der Waals surface area contributed by atoms with Gasteiger partial charge in [0.1, 0.15) is 6.04 Å². The van der Waals surface area contributed by atoms with E-state index in [-0.39, 0.29) is 0 Å². The van der Waals surface area contributed by atoms with Gasteiger partial charge in [-0.3, -0.25) is 14.8 Å². The SMILES string of the molecule is CCCCCCC(Nc1cccc(-n2c(=S)[nH][nH]c2=S)c1)C(=O)O. The van der Waals surface area contributed by atoms with Crippen LogP contribution in [0.4, 0.5) is 5.69 Å². The number of aliphatic carboxylic acids is 1. The smallest absolute Gasteiger partial charge is 0.326 e. The molecule has 1 heterocycles. The van der Waals surface area contributed by atoms with E-state index >= 15 is 0 Å². The molecule has 1 atom stereocenters. The minimum atomic E-state index is -0.840. The van der Waals surface area contributed by atoms with Gasteiger partial charge in [0.05, 0.1) is 5.69 Å². The van der Waals surface area contributed by atoms with Gasteiger partial charge >= 0.3 is 5.97 Å². The lowest BCUT2D eigenvalue weighted by atomic mass is 10.1. The molecule has 0 amide bonds. The van der Waals surface area contributed by atoms with Gasteiger partial charge in [0, 0.05) is 5.69 Å². The second-order valence-electron chi connectivity index (χ2n) is 5.63. The number of aromatic nitrogens is 3. The van der Waals surface area contributed by atoms with Crippen molar-refractivity contribution < 1.29 is 9.90 Å². The second kappa shape index (κ2) is 8.79. The van der Waals surface area contributed by atoms with E-state index in [1.807, 2.05) is 24.3 Å². The predicted octanol–water partition coefficient (Wildman–Crippen LogP) is 4.43. The van der Waals surface area contributed by atoms with Gasteiger partial charge in [-0.05, 0) is 49.1 Å². The summed E-state index contributed by atoms with van der Waals surface area (Å²) < 4.78 is 2.62. The number of aromatic amines is 2. The molecule has 4 N–H and O–H groups in total. The molecule has 0 aliphatic carbocycles. The van der Waals surface area contributed by atoms with E-state index in [4.69, 9.17) is 24.4 Å². The maximum Gasteiger partial charge on any atom is 0.326 e. The molecule has 0 saturated heterocycles. The molecule has 0 radical (unpaired) electrons. The number of H-pyrrole nitrogens is 2. The zero-order valence-electron chi connectivity index (χ0n) is 13.5. The molecule has 2 aromatic rings. The molecule has 1 aromatic carbocycles. The van der Waals surface area contributed by atoms with Crippen LogP contribution in [-0.2, 0) is 4.79 Å². The largest absolute Gasteiger partial charge is 0.480 e. The number of benzene rings is 1. The van der Waals surface area contributed by atoms with E-state index in [0.717, 1.165) is 37.1 Å². The highest BCUT2D eigenvalue weighted by Crippen LogP contribution is 2.18. The van der Waals surface area contributed by atoms with Gasteiger partial charge in [-0.25, -0.2) is 4.79 Å². The van der Waals surface area contributed by atoms with Gasteiger partial charge in [0.25, 0.3) is 0 Å². The van der Waals surface area contributed by atoms with Crippen LogP contribution in [0.25, 0.3) is 5.69 Å². The third-order valence-corrected chi connectivity index (χ3v) is 4.34. The van der Waals surface area contributed by atoms with Crippen LogP contribution in [0, 0.1) is 9.54 Å². The molecule has 24 heavy (non-hydrogen) atoms. The summed E-state index contributed by atoms with van der Waals surface area (Å²) in [5.41, 5.74) is 1.51. The normalized spacial score (nSPS) is 12.0. The van der Waals surface area contributed by atoms with Crippen molar-refractivity contribution in [2.24, 2.45) is 0 Å². The van der Waals surface area contributed by atoms with Gasteiger partial charge < -0.3 is 10.4 Å². The maximum atomic E-state index is 11.5. The number of nitrogens with one attached hydrogen (secondary N) is 3. The van der Waals surface area contributed by atoms with Crippen LogP contribution in [0.3, 0.4) is 0 Å². The summed E-state index contributed by atoms with van der Waals surface area (Å²) in [5.74, 6) is -0.840. The van der Waals surface area contributed by atoms with Crippen LogP contribution in [-0.4, -0.2) is 31.9 Å². The lowest BCUT2D eigenvalue weighted by Crippen LogP contribution is -2.29. The van der Waals surface area contributed by atoms with Crippen molar-refractivity contribution in [2.75, 3.05) is 5.32 Å². The summed E-state index contributed by atoms with van der Waals surface area (Å²) in [6.07, 6.45) is 4.81. The average Bonchev–Trinajstić information content (AvgIpc) is 2.89. The van der Waals surface area contributed by atoms with Gasteiger partial charge in [-0.2, -0.15) is 0 Å². The molecule has 1 aromatic heterocycles. The molecule has 130 valence electrons. The zero-order valence-corrected chi connectivity index (χ0v) is 15.2. The van der Waals surface area contributed by atoms with Crippen LogP contribution in [0.5, 0.6) is 0 Å². The van der Waals surface area contributed by atoms with Crippen molar-refractivity contribution in [1.82, 2.24) is 14.8 Å². The summed E-state index contributed by atoms with van der Waals surface area (Å²) >= 11 is 10.4.